The summed E-state index contributed by atoms with van der Waals surface area (Å²) in [5.74, 6) is 0.191. The smallest absolute Gasteiger partial charge is 0.224 e. The third-order valence-corrected chi connectivity index (χ3v) is 4.42. The summed E-state index contributed by atoms with van der Waals surface area (Å²) in [7, 11) is -3.31. The van der Waals surface area contributed by atoms with Crippen LogP contribution in [0.3, 0.4) is 0 Å². The number of hydrogen-bond acceptors (Lipinski definition) is 4. The van der Waals surface area contributed by atoms with Gasteiger partial charge in [-0.2, -0.15) is 0 Å². The predicted molar refractivity (Wildman–Crippen MR) is 74.2 cm³/mol. The Morgan fingerprint density at radius 2 is 2.16 bits per heavy atom. The maximum absolute atomic E-state index is 11.8. The van der Waals surface area contributed by atoms with Crippen LogP contribution in [0.2, 0.25) is 5.02 Å². The number of amides is 1. The van der Waals surface area contributed by atoms with E-state index in [1.165, 1.54) is 18.2 Å². The molecule has 2 N–H and O–H groups in total. The number of carbonyl (C=O) groups is 1. The summed E-state index contributed by atoms with van der Waals surface area (Å²) in [5, 5.41) is 6.07. The molecular formula is C12H15ClN2O3S. The minimum absolute atomic E-state index is 0.137. The van der Waals surface area contributed by atoms with Gasteiger partial charge in [0.05, 0.1) is 15.6 Å². The Hall–Kier alpha value is -1.11. The highest BCUT2D eigenvalue weighted by Gasteiger charge is 2.20. The van der Waals surface area contributed by atoms with Gasteiger partial charge in [0.1, 0.15) is 0 Å². The van der Waals surface area contributed by atoms with Crippen molar-refractivity contribution >= 4 is 33.0 Å². The fraction of sp³-hybridized carbons (Fsp3) is 0.417. The first-order chi connectivity index (χ1) is 8.86. The highest BCUT2D eigenvalue weighted by Crippen LogP contribution is 2.25. The van der Waals surface area contributed by atoms with E-state index in [-0.39, 0.29) is 10.8 Å². The van der Waals surface area contributed by atoms with Crippen molar-refractivity contribution in [3.63, 3.8) is 0 Å². The van der Waals surface area contributed by atoms with Crippen molar-refractivity contribution in [3.8, 4) is 0 Å². The van der Waals surface area contributed by atoms with Gasteiger partial charge in [0.2, 0.25) is 5.91 Å². The average Bonchev–Trinajstić information content (AvgIpc) is 2.25. The highest BCUT2D eigenvalue weighted by atomic mass is 35.5. The molecule has 1 aliphatic heterocycles. The molecule has 1 aromatic rings. The number of halogens is 1. The zero-order valence-electron chi connectivity index (χ0n) is 10.4. The molecule has 0 saturated carbocycles. The van der Waals surface area contributed by atoms with Gasteiger partial charge in [-0.25, -0.2) is 8.42 Å². The highest BCUT2D eigenvalue weighted by molar-refractivity contribution is 7.90. The van der Waals surface area contributed by atoms with E-state index < -0.39 is 9.84 Å². The largest absolute Gasteiger partial charge is 0.325 e. The monoisotopic (exact) mass is 302 g/mol. The molecule has 0 aromatic heterocycles. The van der Waals surface area contributed by atoms with Crippen LogP contribution in [0.15, 0.2) is 23.1 Å². The number of nitrogens with one attached hydrogen (secondary N) is 2. The molecule has 1 aliphatic rings. The zero-order chi connectivity index (χ0) is 14.0. The molecular weight excluding hydrogens is 288 g/mol. The van der Waals surface area contributed by atoms with E-state index in [1.54, 1.807) is 0 Å². The van der Waals surface area contributed by atoms with Crippen LogP contribution in [0.4, 0.5) is 5.69 Å². The van der Waals surface area contributed by atoms with E-state index in [9.17, 15) is 13.2 Å². The van der Waals surface area contributed by atoms with E-state index in [1.807, 2.05) is 0 Å². The normalized spacial score (nSPS) is 15.9. The third kappa shape index (κ3) is 3.68. The number of sulfone groups is 1. The summed E-state index contributed by atoms with van der Waals surface area (Å²) in [4.78, 5) is 11.9. The molecule has 0 unspecified atom stereocenters. The lowest BCUT2D eigenvalue weighted by molar-refractivity contribution is -0.117. The molecule has 1 saturated heterocycles. The van der Waals surface area contributed by atoms with Gasteiger partial charge in [-0.05, 0) is 37.2 Å². The Bertz CT molecular complexity index is 597. The Morgan fingerprint density at radius 1 is 1.47 bits per heavy atom. The molecule has 0 atom stereocenters. The van der Waals surface area contributed by atoms with Crippen molar-refractivity contribution in [1.29, 1.82) is 0 Å². The molecule has 2 rings (SSSR count). The molecule has 0 radical (unpaired) electrons. The van der Waals surface area contributed by atoms with Crippen molar-refractivity contribution in [1.82, 2.24) is 5.32 Å². The maximum atomic E-state index is 11.8. The number of anilines is 1. The number of carbonyl (C=O) groups excluding carboxylic acids is 1. The van der Waals surface area contributed by atoms with Crippen LogP contribution in [0.25, 0.3) is 0 Å². The molecule has 1 aromatic carbocycles. The Morgan fingerprint density at radius 3 is 2.68 bits per heavy atom. The van der Waals surface area contributed by atoms with E-state index in [4.69, 9.17) is 11.6 Å². The van der Waals surface area contributed by atoms with Gasteiger partial charge in [0.25, 0.3) is 0 Å². The predicted octanol–water partition coefficient (Wildman–Crippen LogP) is 1.29. The SMILES string of the molecule is CS(=O)(=O)c1ccc(Cl)c(NC(=O)CC2CNC2)c1. The van der Waals surface area contributed by atoms with Gasteiger partial charge in [-0.1, -0.05) is 11.6 Å². The van der Waals surface area contributed by atoms with Crippen molar-refractivity contribution in [3.05, 3.63) is 23.2 Å². The molecule has 1 amide bonds. The molecule has 1 heterocycles. The minimum atomic E-state index is -3.31. The Labute approximate surface area is 117 Å². The lowest BCUT2D eigenvalue weighted by Gasteiger charge is -2.26. The second kappa shape index (κ2) is 5.48. The molecule has 1 fully saturated rings. The molecule has 0 spiro atoms. The lowest BCUT2D eigenvalue weighted by Crippen LogP contribution is -2.43. The van der Waals surface area contributed by atoms with E-state index >= 15 is 0 Å². The van der Waals surface area contributed by atoms with Crippen LogP contribution < -0.4 is 10.6 Å². The summed E-state index contributed by atoms with van der Waals surface area (Å²) in [6, 6.07) is 4.27. The zero-order valence-corrected chi connectivity index (χ0v) is 12.0. The van der Waals surface area contributed by atoms with Gasteiger partial charge >= 0.3 is 0 Å². The van der Waals surface area contributed by atoms with Gasteiger partial charge in [0, 0.05) is 12.7 Å². The molecule has 7 heteroatoms. The molecule has 5 nitrogen and oxygen atoms in total. The number of benzene rings is 1. The third-order valence-electron chi connectivity index (χ3n) is 2.98. The Balaban J connectivity index is 2.12. The maximum Gasteiger partial charge on any atom is 0.224 e. The fourth-order valence-corrected chi connectivity index (χ4v) is 2.60. The Kier molecular flexibility index (Phi) is 4.13. The summed E-state index contributed by atoms with van der Waals surface area (Å²) in [5.41, 5.74) is 0.335. The van der Waals surface area contributed by atoms with Gasteiger partial charge in [0.15, 0.2) is 9.84 Å². The number of rotatable bonds is 4. The first-order valence-corrected chi connectivity index (χ1v) is 8.13. The first kappa shape index (κ1) is 14.3. The van der Waals surface area contributed by atoms with Gasteiger partial charge < -0.3 is 10.6 Å². The second-order valence-electron chi connectivity index (χ2n) is 4.69. The second-order valence-corrected chi connectivity index (χ2v) is 7.11. The summed E-state index contributed by atoms with van der Waals surface area (Å²) in [6.07, 6.45) is 1.52. The number of hydrogen-bond donors (Lipinski definition) is 2. The van der Waals surface area contributed by atoms with Crippen LogP contribution in [0.1, 0.15) is 6.42 Å². The van der Waals surface area contributed by atoms with Crippen LogP contribution in [0, 0.1) is 5.92 Å². The summed E-state index contributed by atoms with van der Waals surface area (Å²) >= 11 is 5.95. The van der Waals surface area contributed by atoms with Gasteiger partial charge in [-0.3, -0.25) is 4.79 Å². The summed E-state index contributed by atoms with van der Waals surface area (Å²) < 4.78 is 22.9. The van der Waals surface area contributed by atoms with E-state index in [0.29, 0.717) is 23.0 Å². The minimum Gasteiger partial charge on any atom is -0.325 e. The summed E-state index contributed by atoms with van der Waals surface area (Å²) in [6.45, 7) is 1.68. The van der Waals surface area contributed by atoms with Crippen LogP contribution in [-0.4, -0.2) is 33.7 Å². The lowest BCUT2D eigenvalue weighted by atomic mass is 9.99. The van der Waals surface area contributed by atoms with Crippen molar-refractivity contribution in [2.75, 3.05) is 24.7 Å². The van der Waals surface area contributed by atoms with Gasteiger partial charge in [-0.15, -0.1) is 0 Å². The standard InChI is InChI=1S/C12H15ClN2O3S/c1-19(17,18)9-2-3-10(13)11(5-9)15-12(16)4-8-6-14-7-8/h2-3,5,8,14H,4,6-7H2,1H3,(H,15,16). The molecule has 104 valence electrons. The molecule has 0 bridgehead atoms. The topological polar surface area (TPSA) is 75.3 Å². The van der Waals surface area contributed by atoms with Crippen LogP contribution in [0.5, 0.6) is 0 Å². The van der Waals surface area contributed by atoms with Crippen molar-refractivity contribution < 1.29 is 13.2 Å². The fourth-order valence-electron chi connectivity index (χ4n) is 1.79. The molecule has 19 heavy (non-hydrogen) atoms. The van der Waals surface area contributed by atoms with Crippen molar-refractivity contribution in [2.45, 2.75) is 11.3 Å². The van der Waals surface area contributed by atoms with Crippen LogP contribution >= 0.6 is 11.6 Å². The first-order valence-electron chi connectivity index (χ1n) is 5.86. The average molecular weight is 303 g/mol. The van der Waals surface area contributed by atoms with E-state index in [2.05, 4.69) is 10.6 Å². The van der Waals surface area contributed by atoms with Crippen LogP contribution in [-0.2, 0) is 14.6 Å². The quantitative estimate of drug-likeness (QED) is 0.879. The van der Waals surface area contributed by atoms with E-state index in [0.717, 1.165) is 19.3 Å². The van der Waals surface area contributed by atoms with Crippen molar-refractivity contribution in [2.24, 2.45) is 5.92 Å². The molecule has 0 aliphatic carbocycles.